The molecule has 0 saturated carbocycles. The van der Waals surface area contributed by atoms with Gasteiger partial charge in [0.1, 0.15) is 0 Å². The van der Waals surface area contributed by atoms with Gasteiger partial charge in [0.15, 0.2) is 11.6 Å². The highest BCUT2D eigenvalue weighted by atomic mass is 16.3. The van der Waals surface area contributed by atoms with Gasteiger partial charge >= 0.3 is 0 Å². The van der Waals surface area contributed by atoms with Crippen LogP contribution in [0.15, 0.2) is 29.0 Å². The van der Waals surface area contributed by atoms with E-state index in [1.165, 1.54) is 5.69 Å². The number of aliphatic hydroxyl groups excluding tert-OH is 1. The summed E-state index contributed by atoms with van der Waals surface area (Å²) in [4.78, 5) is 4.33. The molecule has 15 heavy (non-hydrogen) atoms. The van der Waals surface area contributed by atoms with Gasteiger partial charge in [-0.2, -0.15) is 0 Å². The van der Waals surface area contributed by atoms with E-state index in [0.717, 1.165) is 24.4 Å². The lowest BCUT2D eigenvalue weighted by atomic mass is 10.1. The number of aliphatic hydroxyl groups is 1. The first-order chi connectivity index (χ1) is 7.34. The smallest absolute Gasteiger partial charge is 0.176 e. The summed E-state index contributed by atoms with van der Waals surface area (Å²) in [5, 5.41) is 9.62. The average molecular weight is 204 g/mol. The molecule has 1 N–H and O–H groups in total. The number of hydrogen-bond acceptors (Lipinski definition) is 3. The van der Waals surface area contributed by atoms with E-state index in [1.54, 1.807) is 6.26 Å². The third kappa shape index (κ3) is 1.37. The minimum absolute atomic E-state index is 0.264. The highest BCUT2D eigenvalue weighted by Gasteiger charge is 2.21. The molecule has 0 aliphatic carbocycles. The van der Waals surface area contributed by atoms with Gasteiger partial charge in [0, 0.05) is 11.9 Å². The van der Waals surface area contributed by atoms with E-state index < -0.39 is 0 Å². The number of furan rings is 1. The summed E-state index contributed by atoms with van der Waals surface area (Å²) in [5.74, 6) is 1.57. The molecule has 1 unspecified atom stereocenters. The first kappa shape index (κ1) is 8.73. The lowest BCUT2D eigenvalue weighted by molar-refractivity contribution is 0.132. The highest BCUT2D eigenvalue weighted by Crippen LogP contribution is 2.24. The predicted molar refractivity (Wildman–Crippen MR) is 54.3 cm³/mol. The molecule has 0 amide bonds. The zero-order valence-electron chi connectivity index (χ0n) is 8.26. The molecule has 4 heteroatoms. The van der Waals surface area contributed by atoms with Gasteiger partial charge in [-0.15, -0.1) is 0 Å². The van der Waals surface area contributed by atoms with Crippen molar-refractivity contribution < 1.29 is 9.52 Å². The molecule has 3 heterocycles. The topological polar surface area (TPSA) is 51.2 Å². The van der Waals surface area contributed by atoms with Gasteiger partial charge < -0.3 is 14.1 Å². The molecule has 1 aliphatic heterocycles. The third-order valence-electron chi connectivity index (χ3n) is 2.81. The monoisotopic (exact) mass is 204 g/mol. The summed E-state index contributed by atoms with van der Waals surface area (Å²) in [5.41, 5.74) is 1.17. The van der Waals surface area contributed by atoms with Crippen molar-refractivity contribution in [3.8, 4) is 11.6 Å². The molecule has 0 saturated heterocycles. The predicted octanol–water partition coefficient (Wildman–Crippen LogP) is 1.45. The number of rotatable bonds is 1. The molecule has 4 nitrogen and oxygen atoms in total. The van der Waals surface area contributed by atoms with E-state index in [-0.39, 0.29) is 6.10 Å². The van der Waals surface area contributed by atoms with Crippen molar-refractivity contribution in [2.75, 3.05) is 0 Å². The van der Waals surface area contributed by atoms with Crippen molar-refractivity contribution in [3.63, 3.8) is 0 Å². The largest absolute Gasteiger partial charge is 0.461 e. The fourth-order valence-electron chi connectivity index (χ4n) is 2.03. The van der Waals surface area contributed by atoms with Crippen LogP contribution in [-0.4, -0.2) is 20.8 Å². The Labute approximate surface area is 87.2 Å². The van der Waals surface area contributed by atoms with Gasteiger partial charge in [-0.05, 0) is 25.0 Å². The Morgan fingerprint density at radius 1 is 1.53 bits per heavy atom. The van der Waals surface area contributed by atoms with Crippen LogP contribution in [0.4, 0.5) is 0 Å². The van der Waals surface area contributed by atoms with E-state index >= 15 is 0 Å². The van der Waals surface area contributed by atoms with Crippen molar-refractivity contribution in [1.82, 2.24) is 9.55 Å². The Morgan fingerprint density at radius 3 is 3.27 bits per heavy atom. The molecule has 1 atom stereocenters. The van der Waals surface area contributed by atoms with Crippen LogP contribution in [0.1, 0.15) is 12.1 Å². The summed E-state index contributed by atoms with van der Waals surface area (Å²) >= 11 is 0. The van der Waals surface area contributed by atoms with E-state index in [0.29, 0.717) is 6.54 Å². The lowest BCUT2D eigenvalue weighted by Gasteiger charge is -2.20. The van der Waals surface area contributed by atoms with Crippen LogP contribution in [0.2, 0.25) is 0 Å². The zero-order chi connectivity index (χ0) is 10.3. The van der Waals surface area contributed by atoms with Crippen LogP contribution in [-0.2, 0) is 13.0 Å². The lowest BCUT2D eigenvalue weighted by Crippen LogP contribution is -2.24. The van der Waals surface area contributed by atoms with Gasteiger partial charge in [0.05, 0.1) is 18.9 Å². The fourth-order valence-corrected chi connectivity index (χ4v) is 2.03. The fraction of sp³-hybridized carbons (Fsp3) is 0.364. The molecule has 3 rings (SSSR count). The van der Waals surface area contributed by atoms with Crippen LogP contribution in [0, 0.1) is 0 Å². The maximum atomic E-state index is 9.62. The maximum absolute atomic E-state index is 9.62. The van der Waals surface area contributed by atoms with Gasteiger partial charge in [-0.3, -0.25) is 0 Å². The molecule has 0 aromatic carbocycles. The van der Waals surface area contributed by atoms with Crippen LogP contribution >= 0.6 is 0 Å². The number of aryl methyl sites for hydroxylation is 1. The normalized spacial score (nSPS) is 20.2. The number of nitrogens with zero attached hydrogens (tertiary/aromatic N) is 2. The number of aromatic nitrogens is 2. The molecule has 2 aromatic heterocycles. The second-order valence-electron chi connectivity index (χ2n) is 3.85. The summed E-state index contributed by atoms with van der Waals surface area (Å²) in [6, 6.07) is 3.73. The number of fused-ring (bicyclic) bond motifs is 1. The third-order valence-corrected chi connectivity index (χ3v) is 2.81. The minimum Gasteiger partial charge on any atom is -0.461 e. The standard InChI is InChI=1S/C11H12N2O2/c14-9-4-3-8-6-12-11(13(8)7-9)10-2-1-5-15-10/h1-2,5-6,9,14H,3-4,7H2. The Kier molecular flexibility index (Phi) is 1.89. The first-order valence-electron chi connectivity index (χ1n) is 5.11. The summed E-state index contributed by atoms with van der Waals surface area (Å²) in [7, 11) is 0. The van der Waals surface area contributed by atoms with Crippen LogP contribution in [0.3, 0.4) is 0 Å². The summed E-state index contributed by atoms with van der Waals surface area (Å²) in [6.07, 6.45) is 4.94. The zero-order valence-corrected chi connectivity index (χ0v) is 8.26. The molecule has 0 spiro atoms. The van der Waals surface area contributed by atoms with E-state index in [2.05, 4.69) is 4.98 Å². The van der Waals surface area contributed by atoms with E-state index in [9.17, 15) is 5.11 Å². The Balaban J connectivity index is 2.07. The van der Waals surface area contributed by atoms with Gasteiger partial charge in [-0.1, -0.05) is 0 Å². The van der Waals surface area contributed by atoms with E-state index in [1.807, 2.05) is 22.9 Å². The van der Waals surface area contributed by atoms with Gasteiger partial charge in [0.25, 0.3) is 0 Å². The highest BCUT2D eigenvalue weighted by molar-refractivity contribution is 5.48. The van der Waals surface area contributed by atoms with Crippen LogP contribution in [0.5, 0.6) is 0 Å². The summed E-state index contributed by atoms with van der Waals surface area (Å²) in [6.45, 7) is 0.616. The Hall–Kier alpha value is -1.55. The van der Waals surface area contributed by atoms with Gasteiger partial charge in [0.2, 0.25) is 0 Å². The molecular weight excluding hydrogens is 192 g/mol. The van der Waals surface area contributed by atoms with Crippen molar-refractivity contribution >= 4 is 0 Å². The van der Waals surface area contributed by atoms with Crippen molar-refractivity contribution in [2.45, 2.75) is 25.5 Å². The molecule has 78 valence electrons. The molecule has 0 fully saturated rings. The minimum atomic E-state index is -0.264. The van der Waals surface area contributed by atoms with E-state index in [4.69, 9.17) is 4.42 Å². The quantitative estimate of drug-likeness (QED) is 0.764. The van der Waals surface area contributed by atoms with Gasteiger partial charge in [-0.25, -0.2) is 4.98 Å². The Morgan fingerprint density at radius 2 is 2.47 bits per heavy atom. The SMILES string of the molecule is OC1CCc2cnc(-c3ccco3)n2C1. The molecular formula is C11H12N2O2. The summed E-state index contributed by atoms with van der Waals surface area (Å²) < 4.78 is 7.35. The molecule has 2 aromatic rings. The van der Waals surface area contributed by atoms with Crippen LogP contribution < -0.4 is 0 Å². The second-order valence-corrected chi connectivity index (χ2v) is 3.85. The number of imidazole rings is 1. The molecule has 1 aliphatic rings. The number of hydrogen-bond donors (Lipinski definition) is 1. The Bertz CT molecular complexity index is 459. The average Bonchev–Trinajstić information content (AvgIpc) is 2.83. The van der Waals surface area contributed by atoms with Crippen molar-refractivity contribution in [2.24, 2.45) is 0 Å². The maximum Gasteiger partial charge on any atom is 0.176 e. The molecule has 0 bridgehead atoms. The second kappa shape index (κ2) is 3.24. The first-order valence-corrected chi connectivity index (χ1v) is 5.11. The van der Waals surface area contributed by atoms with Crippen molar-refractivity contribution in [3.05, 3.63) is 30.3 Å². The van der Waals surface area contributed by atoms with Crippen molar-refractivity contribution in [1.29, 1.82) is 0 Å². The van der Waals surface area contributed by atoms with Crippen LogP contribution in [0.25, 0.3) is 11.6 Å². The molecule has 0 radical (unpaired) electrons.